The third kappa shape index (κ3) is 4.63. The van der Waals surface area contributed by atoms with Crippen molar-refractivity contribution in [1.29, 1.82) is 0 Å². The number of rotatable bonds is 7. The van der Waals surface area contributed by atoms with Crippen LogP contribution < -0.4 is 10.6 Å². The first-order valence-electron chi connectivity index (χ1n) is 5.88. The Morgan fingerprint density at radius 1 is 1.35 bits per heavy atom. The quantitative estimate of drug-likeness (QED) is 0.754. The summed E-state index contributed by atoms with van der Waals surface area (Å²) in [6, 6.07) is 2.71. The molecule has 0 aliphatic heterocycles. The molecular weight excluding hydrogens is 280 g/mol. The van der Waals surface area contributed by atoms with Crippen LogP contribution in [-0.2, 0) is 0 Å². The highest BCUT2D eigenvalue weighted by Gasteiger charge is 2.40. The Labute approximate surface area is 112 Å². The van der Waals surface area contributed by atoms with Crippen LogP contribution in [0.4, 0.5) is 23.4 Å². The third-order valence-electron chi connectivity index (χ3n) is 2.26. The zero-order valence-electron chi connectivity index (χ0n) is 10.7. The molecule has 5 nitrogen and oxygen atoms in total. The minimum absolute atomic E-state index is 0.225. The van der Waals surface area contributed by atoms with Crippen molar-refractivity contribution in [3.63, 3.8) is 0 Å². The maximum absolute atomic E-state index is 12.6. The summed E-state index contributed by atoms with van der Waals surface area (Å²) in [6.45, 7) is 1.16. The maximum atomic E-state index is 12.6. The maximum Gasteiger partial charge on any atom is 0.324 e. The first-order chi connectivity index (χ1) is 9.36. The standard InChI is InChI=1S/C11H14F4N4O/c1-2-5-16-8-4-3-7(18-19-8)9(20)17-6-11(14,15)10(12)13/h3-4,10H,2,5-6H2,1H3,(H,16,19)(H,17,20). The number of aromatic nitrogens is 2. The predicted molar refractivity (Wildman–Crippen MR) is 64.1 cm³/mol. The molecule has 2 N–H and O–H groups in total. The SMILES string of the molecule is CCCNc1ccc(C(=O)NCC(F)(F)C(F)F)nn1. The van der Waals surface area contributed by atoms with Crippen LogP contribution in [0.25, 0.3) is 0 Å². The van der Waals surface area contributed by atoms with Crippen LogP contribution in [0, 0.1) is 0 Å². The van der Waals surface area contributed by atoms with Gasteiger partial charge in [0.1, 0.15) is 5.82 Å². The smallest absolute Gasteiger partial charge is 0.324 e. The minimum atomic E-state index is -4.27. The molecule has 0 saturated carbocycles. The molecule has 0 bridgehead atoms. The lowest BCUT2D eigenvalue weighted by atomic mass is 10.3. The number of hydrogen-bond donors (Lipinski definition) is 2. The molecule has 0 radical (unpaired) electrons. The van der Waals surface area contributed by atoms with Gasteiger partial charge < -0.3 is 10.6 Å². The predicted octanol–water partition coefficient (Wildman–Crippen LogP) is 1.93. The van der Waals surface area contributed by atoms with Crippen molar-refractivity contribution in [3.8, 4) is 0 Å². The van der Waals surface area contributed by atoms with Crippen molar-refractivity contribution in [2.24, 2.45) is 0 Å². The lowest BCUT2D eigenvalue weighted by Crippen LogP contribution is -2.41. The van der Waals surface area contributed by atoms with E-state index < -0.39 is 24.8 Å². The summed E-state index contributed by atoms with van der Waals surface area (Å²) in [4.78, 5) is 11.4. The molecule has 0 unspecified atom stereocenters. The van der Waals surface area contributed by atoms with Gasteiger partial charge in [0.2, 0.25) is 0 Å². The molecule has 1 amide bonds. The summed E-state index contributed by atoms with van der Waals surface area (Å²) in [5.41, 5.74) is -0.225. The van der Waals surface area contributed by atoms with Gasteiger partial charge >= 0.3 is 12.3 Å². The van der Waals surface area contributed by atoms with Gasteiger partial charge in [-0.25, -0.2) is 8.78 Å². The second kappa shape index (κ2) is 7.01. The molecule has 112 valence electrons. The van der Waals surface area contributed by atoms with Crippen LogP contribution in [0.15, 0.2) is 12.1 Å². The number of carbonyl (C=O) groups is 1. The molecule has 1 heterocycles. The molecule has 20 heavy (non-hydrogen) atoms. The molecule has 0 saturated heterocycles. The number of halogens is 4. The fourth-order valence-corrected chi connectivity index (χ4v) is 1.17. The molecule has 0 atom stereocenters. The van der Waals surface area contributed by atoms with Crippen LogP contribution in [-0.4, -0.2) is 41.5 Å². The lowest BCUT2D eigenvalue weighted by molar-refractivity contribution is -0.123. The second-order valence-corrected chi connectivity index (χ2v) is 3.97. The summed E-state index contributed by atoms with van der Waals surface area (Å²) in [5, 5.41) is 11.8. The largest absolute Gasteiger partial charge is 0.369 e. The average Bonchev–Trinajstić information content (AvgIpc) is 2.43. The summed E-state index contributed by atoms with van der Waals surface area (Å²) in [5.74, 6) is -4.83. The zero-order valence-corrected chi connectivity index (χ0v) is 10.7. The molecule has 1 aromatic heterocycles. The molecule has 0 aliphatic rings. The van der Waals surface area contributed by atoms with Crippen LogP contribution in [0.3, 0.4) is 0 Å². The molecular formula is C11H14F4N4O. The van der Waals surface area contributed by atoms with Gasteiger partial charge in [-0.05, 0) is 18.6 Å². The average molecular weight is 294 g/mol. The Kier molecular flexibility index (Phi) is 5.66. The van der Waals surface area contributed by atoms with E-state index in [0.717, 1.165) is 6.42 Å². The third-order valence-corrected chi connectivity index (χ3v) is 2.26. The number of amides is 1. The van der Waals surface area contributed by atoms with E-state index in [4.69, 9.17) is 0 Å². The highest BCUT2D eigenvalue weighted by molar-refractivity contribution is 5.92. The normalized spacial score (nSPS) is 11.5. The van der Waals surface area contributed by atoms with Gasteiger partial charge in [-0.3, -0.25) is 4.79 Å². The van der Waals surface area contributed by atoms with Crippen molar-refractivity contribution in [3.05, 3.63) is 17.8 Å². The Morgan fingerprint density at radius 2 is 2.05 bits per heavy atom. The summed E-state index contributed by atoms with van der Waals surface area (Å²) < 4.78 is 49.0. The number of nitrogens with zero attached hydrogens (tertiary/aromatic N) is 2. The Hall–Kier alpha value is -1.93. The van der Waals surface area contributed by atoms with Crippen molar-refractivity contribution in [2.45, 2.75) is 25.7 Å². The van der Waals surface area contributed by atoms with E-state index in [0.29, 0.717) is 12.4 Å². The van der Waals surface area contributed by atoms with E-state index >= 15 is 0 Å². The van der Waals surface area contributed by atoms with Gasteiger partial charge in [0.25, 0.3) is 5.91 Å². The number of carbonyl (C=O) groups excluding carboxylic acids is 1. The minimum Gasteiger partial charge on any atom is -0.369 e. The summed E-state index contributed by atoms with van der Waals surface area (Å²) in [7, 11) is 0. The van der Waals surface area contributed by atoms with Gasteiger partial charge in [-0.15, -0.1) is 10.2 Å². The topological polar surface area (TPSA) is 66.9 Å². The molecule has 0 spiro atoms. The van der Waals surface area contributed by atoms with E-state index in [1.165, 1.54) is 12.1 Å². The molecule has 0 aliphatic carbocycles. The second-order valence-electron chi connectivity index (χ2n) is 3.97. The Balaban J connectivity index is 2.56. The molecule has 0 fully saturated rings. The van der Waals surface area contributed by atoms with Crippen molar-refractivity contribution >= 4 is 11.7 Å². The first-order valence-corrected chi connectivity index (χ1v) is 5.88. The molecule has 0 aromatic carbocycles. The number of nitrogens with one attached hydrogen (secondary N) is 2. The first kappa shape index (κ1) is 16.1. The van der Waals surface area contributed by atoms with Crippen molar-refractivity contribution in [1.82, 2.24) is 15.5 Å². The van der Waals surface area contributed by atoms with E-state index in [9.17, 15) is 22.4 Å². The number of hydrogen-bond acceptors (Lipinski definition) is 4. The Bertz CT molecular complexity index is 439. The lowest BCUT2D eigenvalue weighted by Gasteiger charge is -2.15. The molecule has 9 heteroatoms. The molecule has 1 aromatic rings. The van der Waals surface area contributed by atoms with Crippen LogP contribution >= 0.6 is 0 Å². The monoisotopic (exact) mass is 294 g/mol. The van der Waals surface area contributed by atoms with E-state index in [1.807, 2.05) is 6.92 Å². The van der Waals surface area contributed by atoms with E-state index in [2.05, 4.69) is 15.5 Å². The summed E-state index contributed by atoms with van der Waals surface area (Å²) in [6.07, 6.45) is -2.97. The van der Waals surface area contributed by atoms with Crippen molar-refractivity contribution in [2.75, 3.05) is 18.4 Å². The molecule has 1 rings (SSSR count). The number of anilines is 1. The summed E-state index contributed by atoms with van der Waals surface area (Å²) >= 11 is 0. The van der Waals surface area contributed by atoms with Crippen LogP contribution in [0.2, 0.25) is 0 Å². The van der Waals surface area contributed by atoms with E-state index in [1.54, 1.807) is 5.32 Å². The highest BCUT2D eigenvalue weighted by atomic mass is 19.3. The zero-order chi connectivity index (χ0) is 15.2. The van der Waals surface area contributed by atoms with Gasteiger partial charge in [-0.1, -0.05) is 6.92 Å². The van der Waals surface area contributed by atoms with Gasteiger partial charge in [0.15, 0.2) is 5.69 Å². The van der Waals surface area contributed by atoms with Gasteiger partial charge in [0, 0.05) is 6.54 Å². The fourth-order valence-electron chi connectivity index (χ4n) is 1.17. The fraction of sp³-hybridized carbons (Fsp3) is 0.545. The van der Waals surface area contributed by atoms with E-state index in [-0.39, 0.29) is 5.69 Å². The number of alkyl halides is 4. The van der Waals surface area contributed by atoms with Crippen molar-refractivity contribution < 1.29 is 22.4 Å². The van der Waals surface area contributed by atoms with Gasteiger partial charge in [-0.2, -0.15) is 8.78 Å². The van der Waals surface area contributed by atoms with Gasteiger partial charge in [0.05, 0.1) is 6.54 Å². The highest BCUT2D eigenvalue weighted by Crippen LogP contribution is 2.21. The Morgan fingerprint density at radius 3 is 2.55 bits per heavy atom. The van der Waals surface area contributed by atoms with Crippen LogP contribution in [0.1, 0.15) is 23.8 Å². The van der Waals surface area contributed by atoms with Crippen LogP contribution in [0.5, 0.6) is 0 Å².